The van der Waals surface area contributed by atoms with Gasteiger partial charge in [0.15, 0.2) is 5.82 Å². The Hall–Kier alpha value is -4.33. The summed E-state index contributed by atoms with van der Waals surface area (Å²) in [5, 5.41) is 6.70. The van der Waals surface area contributed by atoms with E-state index >= 15 is 0 Å². The molecule has 0 aliphatic rings. The van der Waals surface area contributed by atoms with Crippen LogP contribution in [0.1, 0.15) is 6.92 Å². The summed E-state index contributed by atoms with van der Waals surface area (Å²) in [7, 11) is 3.11. The molecule has 1 amide bonds. The summed E-state index contributed by atoms with van der Waals surface area (Å²) in [5.74, 6) is 1.43. The van der Waals surface area contributed by atoms with Crippen LogP contribution < -0.4 is 20.1 Å². The quantitative estimate of drug-likeness (QED) is 0.501. The zero-order valence-corrected chi connectivity index (χ0v) is 17.9. The molecule has 3 aromatic carbocycles. The molecule has 0 unspecified atom stereocenters. The molecule has 0 saturated carbocycles. The van der Waals surface area contributed by atoms with Crippen LogP contribution in [0.25, 0.3) is 17.1 Å². The summed E-state index contributed by atoms with van der Waals surface area (Å²) in [6, 6.07) is 21.8. The minimum Gasteiger partial charge on any atom is -0.497 e. The number of benzene rings is 3. The third kappa shape index (κ3) is 3.85. The first-order valence-corrected chi connectivity index (χ1v) is 9.89. The van der Waals surface area contributed by atoms with Gasteiger partial charge in [0.2, 0.25) is 5.91 Å². The van der Waals surface area contributed by atoms with E-state index in [0.29, 0.717) is 34.3 Å². The summed E-state index contributed by atoms with van der Waals surface area (Å²) in [6.07, 6.45) is 0. The number of nitrogens with zero attached hydrogens (tertiary/aromatic N) is 3. The molecule has 1 N–H and O–H groups in total. The van der Waals surface area contributed by atoms with E-state index in [2.05, 4.69) is 10.2 Å². The molecule has 0 bridgehead atoms. The van der Waals surface area contributed by atoms with E-state index in [1.807, 2.05) is 30.3 Å². The summed E-state index contributed by atoms with van der Waals surface area (Å²) >= 11 is 0. The minimum absolute atomic E-state index is 0.118. The largest absolute Gasteiger partial charge is 0.497 e. The lowest BCUT2D eigenvalue weighted by atomic mass is 10.1. The number of nitrogens with one attached hydrogen (secondary N) is 1. The number of carbonyl (C=O) groups is 1. The molecule has 8 nitrogen and oxygen atoms in total. The smallest absolute Gasteiger partial charge is 0.348 e. The molecule has 0 atom stereocenters. The van der Waals surface area contributed by atoms with Gasteiger partial charge in [-0.25, -0.2) is 14.5 Å². The number of amides is 1. The normalized spacial score (nSPS) is 10.6. The lowest BCUT2D eigenvalue weighted by Crippen LogP contribution is -2.22. The number of hydrogen-bond donors (Lipinski definition) is 1. The van der Waals surface area contributed by atoms with Crippen molar-refractivity contribution in [2.75, 3.05) is 19.1 Å². The Bertz CT molecular complexity index is 1290. The Morgan fingerprint density at radius 2 is 1.62 bits per heavy atom. The third-order valence-electron chi connectivity index (χ3n) is 5.02. The fraction of sp³-hybridized carbons (Fsp3) is 0.125. The molecule has 0 aliphatic heterocycles. The van der Waals surface area contributed by atoms with E-state index in [9.17, 15) is 9.59 Å². The predicted molar refractivity (Wildman–Crippen MR) is 122 cm³/mol. The number of aromatic amines is 1. The van der Waals surface area contributed by atoms with Crippen molar-refractivity contribution in [3.63, 3.8) is 0 Å². The second-order valence-corrected chi connectivity index (χ2v) is 6.96. The Kier molecular flexibility index (Phi) is 5.76. The molecule has 0 fully saturated rings. The van der Waals surface area contributed by atoms with Crippen LogP contribution in [-0.4, -0.2) is 34.9 Å². The van der Waals surface area contributed by atoms with Crippen LogP contribution >= 0.6 is 0 Å². The average Bonchev–Trinajstić information content (AvgIpc) is 3.20. The fourth-order valence-electron chi connectivity index (χ4n) is 3.54. The minimum atomic E-state index is -0.392. The van der Waals surface area contributed by atoms with Gasteiger partial charge in [-0.05, 0) is 48.5 Å². The van der Waals surface area contributed by atoms with Crippen LogP contribution in [-0.2, 0) is 4.79 Å². The topological polar surface area (TPSA) is 89.5 Å². The maximum Gasteiger partial charge on any atom is 0.348 e. The summed E-state index contributed by atoms with van der Waals surface area (Å²) in [5.41, 5.74) is 2.28. The highest BCUT2D eigenvalue weighted by molar-refractivity contribution is 5.99. The van der Waals surface area contributed by atoms with Crippen molar-refractivity contribution < 1.29 is 14.3 Å². The molecule has 8 heteroatoms. The fourth-order valence-corrected chi connectivity index (χ4v) is 3.54. The van der Waals surface area contributed by atoms with Crippen LogP contribution in [0.5, 0.6) is 11.5 Å². The summed E-state index contributed by atoms with van der Waals surface area (Å²) < 4.78 is 12.2. The van der Waals surface area contributed by atoms with Crippen molar-refractivity contribution >= 4 is 17.3 Å². The molecule has 32 heavy (non-hydrogen) atoms. The average molecular weight is 430 g/mol. The summed E-state index contributed by atoms with van der Waals surface area (Å²) in [6.45, 7) is 1.51. The molecule has 0 aliphatic carbocycles. The molecular weight excluding hydrogens is 408 g/mol. The van der Waals surface area contributed by atoms with Crippen molar-refractivity contribution in [1.29, 1.82) is 0 Å². The van der Waals surface area contributed by atoms with Crippen LogP contribution in [0.15, 0.2) is 77.6 Å². The second-order valence-electron chi connectivity index (χ2n) is 6.96. The van der Waals surface area contributed by atoms with Gasteiger partial charge < -0.3 is 9.47 Å². The first-order valence-electron chi connectivity index (χ1n) is 9.89. The molecule has 0 radical (unpaired) electrons. The molecule has 0 saturated heterocycles. The molecule has 162 valence electrons. The van der Waals surface area contributed by atoms with Gasteiger partial charge in [-0.3, -0.25) is 9.69 Å². The van der Waals surface area contributed by atoms with E-state index in [1.165, 1.54) is 11.5 Å². The van der Waals surface area contributed by atoms with Crippen LogP contribution in [0.2, 0.25) is 0 Å². The number of rotatable bonds is 6. The third-order valence-corrected chi connectivity index (χ3v) is 5.02. The van der Waals surface area contributed by atoms with Gasteiger partial charge in [-0.1, -0.05) is 18.2 Å². The van der Waals surface area contributed by atoms with Crippen LogP contribution in [0, 0.1) is 0 Å². The van der Waals surface area contributed by atoms with E-state index < -0.39 is 5.69 Å². The molecule has 4 rings (SSSR count). The van der Waals surface area contributed by atoms with Gasteiger partial charge in [0, 0.05) is 24.4 Å². The van der Waals surface area contributed by atoms with Crippen LogP contribution in [0.3, 0.4) is 0 Å². The Balaban J connectivity index is 1.76. The van der Waals surface area contributed by atoms with Gasteiger partial charge in [-0.15, -0.1) is 0 Å². The van der Waals surface area contributed by atoms with Gasteiger partial charge in [0.1, 0.15) is 11.5 Å². The SMILES string of the molecule is COc1ccc(-c2n[nH]c(=O)n2-c2ccc(N(C(C)=O)c3ccccc3)cc2)c(OC)c1. The lowest BCUT2D eigenvalue weighted by Gasteiger charge is -2.21. The first-order chi connectivity index (χ1) is 15.5. The Labute approximate surface area is 184 Å². The molecular formula is C24H22N4O4. The van der Waals surface area contributed by atoms with Crippen molar-refractivity contribution in [2.24, 2.45) is 0 Å². The monoisotopic (exact) mass is 430 g/mol. The zero-order valence-electron chi connectivity index (χ0n) is 17.9. The van der Waals surface area contributed by atoms with E-state index in [0.717, 1.165) is 5.69 Å². The van der Waals surface area contributed by atoms with Crippen molar-refractivity contribution in [2.45, 2.75) is 6.92 Å². The number of aromatic nitrogens is 3. The van der Waals surface area contributed by atoms with Gasteiger partial charge in [-0.2, -0.15) is 5.10 Å². The number of hydrogen-bond acceptors (Lipinski definition) is 5. The first kappa shape index (κ1) is 20.9. The highest BCUT2D eigenvalue weighted by Crippen LogP contribution is 2.33. The van der Waals surface area contributed by atoms with Crippen LogP contribution in [0.4, 0.5) is 11.4 Å². The van der Waals surface area contributed by atoms with Gasteiger partial charge in [0.05, 0.1) is 25.5 Å². The number of para-hydroxylation sites is 1. The number of anilines is 2. The Morgan fingerprint density at radius 1 is 0.938 bits per heavy atom. The maximum atomic E-state index is 12.6. The molecule has 4 aromatic rings. The Morgan fingerprint density at radius 3 is 2.25 bits per heavy atom. The van der Waals surface area contributed by atoms with E-state index in [4.69, 9.17) is 9.47 Å². The zero-order chi connectivity index (χ0) is 22.7. The lowest BCUT2D eigenvalue weighted by molar-refractivity contribution is -0.115. The predicted octanol–water partition coefficient (Wildman–Crippen LogP) is 3.93. The highest BCUT2D eigenvalue weighted by atomic mass is 16.5. The number of ether oxygens (including phenoxy) is 2. The highest BCUT2D eigenvalue weighted by Gasteiger charge is 2.18. The maximum absolute atomic E-state index is 12.6. The van der Waals surface area contributed by atoms with Gasteiger partial charge in [0.25, 0.3) is 0 Å². The summed E-state index contributed by atoms with van der Waals surface area (Å²) in [4.78, 5) is 26.5. The van der Waals surface area contributed by atoms with E-state index in [-0.39, 0.29) is 5.91 Å². The second kappa shape index (κ2) is 8.81. The van der Waals surface area contributed by atoms with Crippen molar-refractivity contribution in [1.82, 2.24) is 14.8 Å². The molecule has 1 heterocycles. The standard InChI is InChI=1S/C24H22N4O4/c1-16(29)27(17-7-5-4-6-8-17)18-9-11-19(12-10-18)28-23(25-26-24(28)30)21-14-13-20(31-2)15-22(21)32-3/h4-15H,1-3H3,(H,26,30). The van der Waals surface area contributed by atoms with Crippen molar-refractivity contribution in [3.8, 4) is 28.6 Å². The molecule has 0 spiro atoms. The molecule has 1 aromatic heterocycles. The van der Waals surface area contributed by atoms with Gasteiger partial charge >= 0.3 is 5.69 Å². The van der Waals surface area contributed by atoms with Crippen molar-refractivity contribution in [3.05, 3.63) is 83.3 Å². The number of methoxy groups -OCH3 is 2. The van der Waals surface area contributed by atoms with E-state index in [1.54, 1.807) is 61.6 Å². The number of H-pyrrole nitrogens is 1. The number of carbonyl (C=O) groups excluding carboxylic acids is 1.